The molecule has 7 nitrogen and oxygen atoms in total. The van der Waals surface area contributed by atoms with E-state index in [2.05, 4.69) is 10.6 Å². The Morgan fingerprint density at radius 2 is 1.81 bits per heavy atom. The van der Waals surface area contributed by atoms with Gasteiger partial charge in [0.2, 0.25) is 11.8 Å². The number of nitrogens with one attached hydrogen (secondary N) is 3. The number of guanidine groups is 1. The normalized spacial score (nSPS) is 20.4. The lowest BCUT2D eigenvalue weighted by Crippen LogP contribution is -2.49. The van der Waals surface area contributed by atoms with Crippen LogP contribution < -0.4 is 16.4 Å². The zero-order chi connectivity index (χ0) is 19.8. The first kappa shape index (κ1) is 20.7. The van der Waals surface area contributed by atoms with E-state index in [0.29, 0.717) is 18.9 Å². The molecule has 27 heavy (non-hydrogen) atoms. The smallest absolute Gasteiger partial charge is 0.244 e. The van der Waals surface area contributed by atoms with Crippen molar-refractivity contribution in [2.75, 3.05) is 20.6 Å². The van der Waals surface area contributed by atoms with Crippen molar-refractivity contribution in [2.45, 2.75) is 38.1 Å². The van der Waals surface area contributed by atoms with Crippen molar-refractivity contribution in [3.05, 3.63) is 35.9 Å². The summed E-state index contributed by atoms with van der Waals surface area (Å²) in [5, 5.41) is 13.1. The average molecular weight is 374 g/mol. The van der Waals surface area contributed by atoms with Gasteiger partial charge in [0.05, 0.1) is 0 Å². The van der Waals surface area contributed by atoms with Crippen molar-refractivity contribution in [3.63, 3.8) is 0 Å². The van der Waals surface area contributed by atoms with E-state index < -0.39 is 6.04 Å². The van der Waals surface area contributed by atoms with Crippen molar-refractivity contribution < 1.29 is 9.59 Å². The number of hydrogen-bond acceptors (Lipinski definition) is 3. The summed E-state index contributed by atoms with van der Waals surface area (Å²) >= 11 is 0. The summed E-state index contributed by atoms with van der Waals surface area (Å²) in [6.45, 7) is 0.680. The second kappa shape index (κ2) is 9.94. The van der Waals surface area contributed by atoms with Gasteiger partial charge < -0.3 is 21.3 Å². The first-order valence-corrected chi connectivity index (χ1v) is 9.50. The standard InChI is InChI=1S/C20H31N5O2/c1-25(2)19(27)17(12-14-6-4-3-5-7-14)24-18(26)16-10-8-15(9-11-16)13-23-20(21)22/h3-7,15-17H,8-13H2,1-2H3,(H,24,26)(H4,21,22,23)/t15-,16-,17-/m0/s1. The van der Waals surface area contributed by atoms with Crippen LogP contribution in [0.4, 0.5) is 0 Å². The molecule has 0 heterocycles. The zero-order valence-electron chi connectivity index (χ0n) is 16.2. The number of nitrogens with two attached hydrogens (primary N) is 1. The van der Waals surface area contributed by atoms with Crippen LogP contribution in [0.3, 0.4) is 0 Å². The highest BCUT2D eigenvalue weighted by molar-refractivity contribution is 5.88. The van der Waals surface area contributed by atoms with E-state index in [9.17, 15) is 9.59 Å². The van der Waals surface area contributed by atoms with Crippen LogP contribution >= 0.6 is 0 Å². The Labute approximate surface area is 161 Å². The average Bonchev–Trinajstić information content (AvgIpc) is 2.66. The summed E-state index contributed by atoms with van der Waals surface area (Å²) in [6, 6.07) is 9.19. The van der Waals surface area contributed by atoms with Gasteiger partial charge in [-0.25, -0.2) is 0 Å². The topological polar surface area (TPSA) is 111 Å². The Morgan fingerprint density at radius 1 is 1.19 bits per heavy atom. The maximum absolute atomic E-state index is 12.7. The largest absolute Gasteiger partial charge is 0.370 e. The molecule has 2 rings (SSSR count). The molecule has 7 heteroatoms. The number of carbonyl (C=O) groups is 2. The Bertz CT molecular complexity index is 639. The maximum atomic E-state index is 12.7. The van der Waals surface area contributed by atoms with Crippen molar-refractivity contribution in [1.82, 2.24) is 15.5 Å². The number of nitrogens with zero attached hydrogens (tertiary/aromatic N) is 1. The van der Waals surface area contributed by atoms with E-state index in [1.807, 2.05) is 30.3 Å². The molecule has 1 fully saturated rings. The van der Waals surface area contributed by atoms with Gasteiger partial charge in [-0.15, -0.1) is 0 Å². The van der Waals surface area contributed by atoms with E-state index in [1.165, 1.54) is 4.90 Å². The van der Waals surface area contributed by atoms with Crippen molar-refractivity contribution in [3.8, 4) is 0 Å². The number of carbonyl (C=O) groups excluding carboxylic acids is 2. The van der Waals surface area contributed by atoms with Gasteiger partial charge in [-0.05, 0) is 37.2 Å². The van der Waals surface area contributed by atoms with Gasteiger partial charge in [-0.2, -0.15) is 0 Å². The number of likely N-dealkylation sites (N-methyl/N-ethyl adjacent to an activating group) is 1. The molecular weight excluding hydrogens is 342 g/mol. The van der Waals surface area contributed by atoms with Crippen LogP contribution in [0, 0.1) is 17.2 Å². The molecule has 1 saturated carbocycles. The Hall–Kier alpha value is -2.57. The summed E-state index contributed by atoms with van der Waals surface area (Å²) in [5.41, 5.74) is 6.35. The van der Waals surface area contributed by atoms with E-state index in [1.54, 1.807) is 14.1 Å². The van der Waals surface area contributed by atoms with Crippen molar-refractivity contribution in [1.29, 1.82) is 5.41 Å². The summed E-state index contributed by atoms with van der Waals surface area (Å²) < 4.78 is 0. The second-order valence-electron chi connectivity index (χ2n) is 7.50. The first-order chi connectivity index (χ1) is 12.9. The molecule has 0 spiro atoms. The molecule has 0 unspecified atom stereocenters. The molecule has 1 aromatic carbocycles. The molecule has 1 atom stereocenters. The first-order valence-electron chi connectivity index (χ1n) is 9.50. The van der Waals surface area contributed by atoms with Gasteiger partial charge in [-0.3, -0.25) is 15.0 Å². The van der Waals surface area contributed by atoms with Crippen molar-refractivity contribution in [2.24, 2.45) is 17.6 Å². The Morgan fingerprint density at radius 3 is 2.37 bits per heavy atom. The highest BCUT2D eigenvalue weighted by atomic mass is 16.2. The molecule has 2 amide bonds. The zero-order valence-corrected chi connectivity index (χ0v) is 16.2. The van der Waals surface area contributed by atoms with Gasteiger partial charge in [0.15, 0.2) is 5.96 Å². The minimum atomic E-state index is -0.549. The van der Waals surface area contributed by atoms with Crippen LogP contribution in [0.25, 0.3) is 0 Å². The number of rotatable bonds is 7. The van der Waals surface area contributed by atoms with Crippen molar-refractivity contribution >= 4 is 17.8 Å². The van der Waals surface area contributed by atoms with Crippen LogP contribution in [0.15, 0.2) is 30.3 Å². The molecule has 0 aromatic heterocycles. The van der Waals surface area contributed by atoms with Gasteiger partial charge in [0.1, 0.15) is 6.04 Å². The molecule has 0 radical (unpaired) electrons. The molecular formula is C20H31N5O2. The lowest BCUT2D eigenvalue weighted by Gasteiger charge is -2.30. The molecule has 148 valence electrons. The third kappa shape index (κ3) is 6.58. The maximum Gasteiger partial charge on any atom is 0.244 e. The van der Waals surface area contributed by atoms with E-state index in [-0.39, 0.29) is 23.7 Å². The second-order valence-corrected chi connectivity index (χ2v) is 7.50. The van der Waals surface area contributed by atoms with E-state index >= 15 is 0 Å². The molecule has 0 saturated heterocycles. The Kier molecular flexibility index (Phi) is 7.64. The predicted molar refractivity (Wildman–Crippen MR) is 106 cm³/mol. The highest BCUT2D eigenvalue weighted by Crippen LogP contribution is 2.28. The lowest BCUT2D eigenvalue weighted by atomic mass is 9.81. The number of amides is 2. The van der Waals surface area contributed by atoms with Crippen LogP contribution in [0.5, 0.6) is 0 Å². The van der Waals surface area contributed by atoms with Gasteiger partial charge in [0.25, 0.3) is 0 Å². The molecule has 0 aliphatic heterocycles. The number of benzene rings is 1. The van der Waals surface area contributed by atoms with Crippen LogP contribution in [0.1, 0.15) is 31.2 Å². The third-order valence-electron chi connectivity index (χ3n) is 5.14. The molecule has 1 aromatic rings. The fourth-order valence-corrected chi connectivity index (χ4v) is 3.53. The minimum absolute atomic E-state index is 0.0131. The summed E-state index contributed by atoms with van der Waals surface area (Å²) in [7, 11) is 3.42. The van der Waals surface area contributed by atoms with Gasteiger partial charge in [0, 0.05) is 33.0 Å². The van der Waals surface area contributed by atoms with Gasteiger partial charge >= 0.3 is 0 Å². The molecule has 1 aliphatic carbocycles. The molecule has 5 N–H and O–H groups in total. The highest BCUT2D eigenvalue weighted by Gasteiger charge is 2.30. The lowest BCUT2D eigenvalue weighted by molar-refractivity contribution is -0.136. The predicted octanol–water partition coefficient (Wildman–Crippen LogP) is 1.09. The summed E-state index contributed by atoms with van der Waals surface area (Å²) in [5.74, 6) is 0.227. The molecule has 0 bridgehead atoms. The quantitative estimate of drug-likeness (QED) is 0.423. The van der Waals surface area contributed by atoms with Crippen LogP contribution in [-0.4, -0.2) is 49.4 Å². The Balaban J connectivity index is 1.91. The summed E-state index contributed by atoms with van der Waals surface area (Å²) in [4.78, 5) is 26.8. The molecule has 1 aliphatic rings. The monoisotopic (exact) mass is 373 g/mol. The van der Waals surface area contributed by atoms with E-state index in [0.717, 1.165) is 31.2 Å². The van der Waals surface area contributed by atoms with Crippen LogP contribution in [0.2, 0.25) is 0 Å². The summed E-state index contributed by atoms with van der Waals surface area (Å²) in [6.07, 6.45) is 3.92. The third-order valence-corrected chi connectivity index (χ3v) is 5.14. The van der Waals surface area contributed by atoms with E-state index in [4.69, 9.17) is 11.1 Å². The SMILES string of the molecule is CN(C)C(=O)[C@H](Cc1ccccc1)NC(=O)[C@H]1CC[C@H](CNC(=N)N)CC1. The fraction of sp³-hybridized carbons (Fsp3) is 0.550. The minimum Gasteiger partial charge on any atom is -0.370 e. The van der Waals surface area contributed by atoms with Gasteiger partial charge in [-0.1, -0.05) is 30.3 Å². The number of hydrogen-bond donors (Lipinski definition) is 4. The fourth-order valence-electron chi connectivity index (χ4n) is 3.53. The van der Waals surface area contributed by atoms with Crippen LogP contribution in [-0.2, 0) is 16.0 Å².